The molecule has 104 valence electrons. The monoisotopic (exact) mass is 275 g/mol. The maximum absolute atomic E-state index is 12.5. The fourth-order valence-corrected chi connectivity index (χ4v) is 1.95. The lowest BCUT2D eigenvalue weighted by molar-refractivity contribution is -0.141. The highest BCUT2D eigenvalue weighted by molar-refractivity contribution is 5.65. The van der Waals surface area contributed by atoms with E-state index in [-0.39, 0.29) is 12.4 Å². The highest BCUT2D eigenvalue weighted by atomic mass is 19.4. The third kappa shape index (κ3) is 3.27. The van der Waals surface area contributed by atoms with Crippen molar-refractivity contribution in [3.8, 4) is 0 Å². The van der Waals surface area contributed by atoms with Crippen LogP contribution < -0.4 is 10.6 Å². The standard InChI is InChI=1S/C11H12F3N3O2/c12-11(13,14)8-2-1-3-9(16-8)17-5-4-7(6-17)19-10(15)18/h1-3,7H,4-6H2,(H2,15,18). The molecule has 1 aliphatic heterocycles. The molecule has 2 heterocycles. The molecule has 1 aliphatic rings. The van der Waals surface area contributed by atoms with E-state index in [1.807, 2.05) is 0 Å². The quantitative estimate of drug-likeness (QED) is 0.893. The minimum atomic E-state index is -4.47. The second-order valence-electron chi connectivity index (χ2n) is 4.17. The van der Waals surface area contributed by atoms with Gasteiger partial charge < -0.3 is 15.4 Å². The number of anilines is 1. The van der Waals surface area contributed by atoms with E-state index >= 15 is 0 Å². The van der Waals surface area contributed by atoms with Gasteiger partial charge in [0.2, 0.25) is 0 Å². The van der Waals surface area contributed by atoms with Crippen LogP contribution in [0.4, 0.5) is 23.8 Å². The summed E-state index contributed by atoms with van der Waals surface area (Å²) in [7, 11) is 0. The van der Waals surface area contributed by atoms with E-state index in [1.165, 1.54) is 12.1 Å². The number of carbonyl (C=O) groups excluding carboxylic acids is 1. The number of rotatable bonds is 2. The van der Waals surface area contributed by atoms with Crippen LogP contribution in [0.15, 0.2) is 18.2 Å². The number of halogens is 3. The summed E-state index contributed by atoms with van der Waals surface area (Å²) < 4.78 is 42.4. The molecule has 0 spiro atoms. The molecule has 0 aliphatic carbocycles. The predicted molar refractivity (Wildman–Crippen MR) is 60.5 cm³/mol. The van der Waals surface area contributed by atoms with Gasteiger partial charge in [0.05, 0.1) is 6.54 Å². The summed E-state index contributed by atoms with van der Waals surface area (Å²) in [6, 6.07) is 3.70. The van der Waals surface area contributed by atoms with Gasteiger partial charge in [-0.25, -0.2) is 9.78 Å². The molecule has 1 aromatic heterocycles. The molecule has 1 atom stereocenters. The third-order valence-electron chi connectivity index (χ3n) is 2.78. The summed E-state index contributed by atoms with van der Waals surface area (Å²) in [6.07, 6.45) is -5.25. The third-order valence-corrected chi connectivity index (χ3v) is 2.78. The van der Waals surface area contributed by atoms with Crippen LogP contribution in [0, 0.1) is 0 Å². The van der Waals surface area contributed by atoms with Crippen molar-refractivity contribution in [2.24, 2.45) is 5.73 Å². The topological polar surface area (TPSA) is 68.5 Å². The van der Waals surface area contributed by atoms with Gasteiger partial charge in [0.1, 0.15) is 17.6 Å². The first kappa shape index (κ1) is 13.4. The van der Waals surface area contributed by atoms with Crippen molar-refractivity contribution in [2.75, 3.05) is 18.0 Å². The maximum Gasteiger partial charge on any atom is 0.433 e. The summed E-state index contributed by atoms with van der Waals surface area (Å²) >= 11 is 0. The molecule has 1 saturated heterocycles. The lowest BCUT2D eigenvalue weighted by Gasteiger charge is -2.18. The number of amides is 1. The molecule has 0 aromatic carbocycles. The number of pyridine rings is 1. The molecule has 1 unspecified atom stereocenters. The Bertz CT molecular complexity index is 478. The summed E-state index contributed by atoms with van der Waals surface area (Å²) in [5.41, 5.74) is 3.95. The average molecular weight is 275 g/mol. The zero-order chi connectivity index (χ0) is 14.0. The van der Waals surface area contributed by atoms with E-state index in [4.69, 9.17) is 10.5 Å². The van der Waals surface area contributed by atoms with Crippen LogP contribution in [0.1, 0.15) is 12.1 Å². The normalized spacial score (nSPS) is 19.5. The van der Waals surface area contributed by atoms with Crippen molar-refractivity contribution in [3.63, 3.8) is 0 Å². The fourth-order valence-electron chi connectivity index (χ4n) is 1.95. The van der Waals surface area contributed by atoms with E-state index in [2.05, 4.69) is 4.98 Å². The average Bonchev–Trinajstić information content (AvgIpc) is 2.76. The van der Waals surface area contributed by atoms with Crippen molar-refractivity contribution in [1.82, 2.24) is 4.98 Å². The lowest BCUT2D eigenvalue weighted by atomic mass is 10.3. The van der Waals surface area contributed by atoms with E-state index < -0.39 is 24.1 Å². The minimum absolute atomic E-state index is 0.213. The first-order chi connectivity index (χ1) is 8.86. The molecule has 0 saturated carbocycles. The van der Waals surface area contributed by atoms with Crippen LogP contribution in [-0.2, 0) is 10.9 Å². The smallest absolute Gasteiger partial charge is 0.433 e. The Morgan fingerprint density at radius 3 is 2.84 bits per heavy atom. The van der Waals surface area contributed by atoms with Gasteiger partial charge in [0.25, 0.3) is 0 Å². The number of ether oxygens (including phenoxy) is 1. The molecule has 19 heavy (non-hydrogen) atoms. The molecule has 2 N–H and O–H groups in total. The number of nitrogens with zero attached hydrogens (tertiary/aromatic N) is 2. The Morgan fingerprint density at radius 2 is 2.21 bits per heavy atom. The number of alkyl halides is 3. The van der Waals surface area contributed by atoms with Crippen LogP contribution in [0.3, 0.4) is 0 Å². The molecule has 5 nitrogen and oxygen atoms in total. The van der Waals surface area contributed by atoms with Gasteiger partial charge in [-0.1, -0.05) is 6.07 Å². The second-order valence-corrected chi connectivity index (χ2v) is 4.17. The predicted octanol–water partition coefficient (Wildman–Crippen LogP) is 1.77. The summed E-state index contributed by atoms with van der Waals surface area (Å²) in [6.45, 7) is 0.753. The summed E-state index contributed by atoms with van der Waals surface area (Å²) in [5.74, 6) is 0.213. The van der Waals surface area contributed by atoms with Crippen molar-refractivity contribution in [1.29, 1.82) is 0 Å². The minimum Gasteiger partial charge on any atom is -0.444 e. The Morgan fingerprint density at radius 1 is 1.47 bits per heavy atom. The number of carbonyl (C=O) groups is 1. The molecular formula is C11H12F3N3O2. The Kier molecular flexibility index (Phi) is 3.50. The Balaban J connectivity index is 2.09. The number of aromatic nitrogens is 1. The first-order valence-electron chi connectivity index (χ1n) is 5.61. The molecule has 1 fully saturated rings. The lowest BCUT2D eigenvalue weighted by Crippen LogP contribution is -2.27. The van der Waals surface area contributed by atoms with Crippen LogP contribution in [-0.4, -0.2) is 30.3 Å². The largest absolute Gasteiger partial charge is 0.444 e. The molecular weight excluding hydrogens is 263 g/mol. The zero-order valence-corrected chi connectivity index (χ0v) is 9.85. The second kappa shape index (κ2) is 4.94. The SMILES string of the molecule is NC(=O)OC1CCN(c2cccc(C(F)(F)F)n2)C1. The van der Waals surface area contributed by atoms with Gasteiger partial charge in [-0.15, -0.1) is 0 Å². The first-order valence-corrected chi connectivity index (χ1v) is 5.61. The van der Waals surface area contributed by atoms with Crippen molar-refractivity contribution >= 4 is 11.9 Å². The number of hydrogen-bond donors (Lipinski definition) is 1. The van der Waals surface area contributed by atoms with Gasteiger partial charge in [-0.3, -0.25) is 0 Å². The van der Waals surface area contributed by atoms with Crippen LogP contribution in [0.5, 0.6) is 0 Å². The van der Waals surface area contributed by atoms with Crippen molar-refractivity contribution in [3.05, 3.63) is 23.9 Å². The Labute approximate surface area is 107 Å². The van der Waals surface area contributed by atoms with Gasteiger partial charge in [-0.05, 0) is 12.1 Å². The molecule has 1 aromatic rings. The molecule has 1 amide bonds. The number of primary amides is 1. The van der Waals surface area contributed by atoms with Crippen molar-refractivity contribution < 1.29 is 22.7 Å². The summed E-state index contributed by atoms with van der Waals surface area (Å²) in [4.78, 5) is 15.8. The van der Waals surface area contributed by atoms with E-state index in [9.17, 15) is 18.0 Å². The maximum atomic E-state index is 12.5. The van der Waals surface area contributed by atoms with Crippen LogP contribution in [0.2, 0.25) is 0 Å². The fraction of sp³-hybridized carbons (Fsp3) is 0.455. The van der Waals surface area contributed by atoms with Crippen LogP contribution >= 0.6 is 0 Å². The molecule has 2 rings (SSSR count). The van der Waals surface area contributed by atoms with E-state index in [1.54, 1.807) is 4.90 Å². The van der Waals surface area contributed by atoms with Gasteiger partial charge >= 0.3 is 12.3 Å². The zero-order valence-electron chi connectivity index (χ0n) is 9.85. The molecule has 0 bridgehead atoms. The highest BCUT2D eigenvalue weighted by Gasteiger charge is 2.33. The van der Waals surface area contributed by atoms with Gasteiger partial charge in [0, 0.05) is 13.0 Å². The summed E-state index contributed by atoms with van der Waals surface area (Å²) in [5, 5.41) is 0. The van der Waals surface area contributed by atoms with Gasteiger partial charge in [0.15, 0.2) is 0 Å². The van der Waals surface area contributed by atoms with Gasteiger partial charge in [-0.2, -0.15) is 13.2 Å². The highest BCUT2D eigenvalue weighted by Crippen LogP contribution is 2.29. The molecule has 8 heteroatoms. The Hall–Kier alpha value is -1.99. The van der Waals surface area contributed by atoms with E-state index in [0.717, 1.165) is 6.07 Å². The van der Waals surface area contributed by atoms with Crippen molar-refractivity contribution in [2.45, 2.75) is 18.7 Å². The van der Waals surface area contributed by atoms with Crippen LogP contribution in [0.25, 0.3) is 0 Å². The van der Waals surface area contributed by atoms with E-state index in [0.29, 0.717) is 13.0 Å². The number of nitrogens with two attached hydrogens (primary N) is 1. The number of hydrogen-bond acceptors (Lipinski definition) is 4. The molecule has 0 radical (unpaired) electrons.